The lowest BCUT2D eigenvalue weighted by atomic mass is 9.68. The zero-order chi connectivity index (χ0) is 28.8. The highest BCUT2D eigenvalue weighted by molar-refractivity contribution is 7.98. The second-order valence-corrected chi connectivity index (χ2v) is 17.5. The van der Waals surface area contributed by atoms with E-state index in [2.05, 4.69) is 72.8 Å². The lowest BCUT2D eigenvalue weighted by Crippen LogP contribution is -2.52. The van der Waals surface area contributed by atoms with Crippen LogP contribution in [0.15, 0.2) is 23.8 Å². The van der Waals surface area contributed by atoms with E-state index in [9.17, 15) is 0 Å². The second-order valence-electron chi connectivity index (χ2n) is 15.7. The molecule has 2 N–H and O–H groups in total. The first kappa shape index (κ1) is 32.4. The third-order valence-electron chi connectivity index (χ3n) is 11.7. The van der Waals surface area contributed by atoms with E-state index in [1.165, 1.54) is 110 Å². The Morgan fingerprint density at radius 1 is 1.02 bits per heavy atom. The van der Waals surface area contributed by atoms with Gasteiger partial charge in [0.1, 0.15) is 0 Å². The third-order valence-corrected chi connectivity index (χ3v) is 13.2. The van der Waals surface area contributed by atoms with Gasteiger partial charge in [-0.05, 0) is 131 Å². The molecule has 0 aromatic rings. The van der Waals surface area contributed by atoms with Crippen molar-refractivity contribution in [3.8, 4) is 0 Å². The van der Waals surface area contributed by atoms with E-state index in [1.54, 1.807) is 5.57 Å². The van der Waals surface area contributed by atoms with Crippen LogP contribution >= 0.6 is 23.5 Å². The topological polar surface area (TPSA) is 27.3 Å². The van der Waals surface area contributed by atoms with E-state index in [0.717, 1.165) is 41.3 Å². The van der Waals surface area contributed by atoms with Gasteiger partial charge in [0, 0.05) is 36.3 Å². The molecule has 0 amide bonds. The molecule has 0 spiro atoms. The van der Waals surface area contributed by atoms with Crippen LogP contribution < -0.4 is 10.0 Å². The molecule has 5 rings (SSSR count). The number of allylic oxidation sites excluding steroid dienone is 4. The first-order chi connectivity index (χ1) is 19.8. The number of nitrogens with one attached hydrogen (secondary N) is 2. The molecule has 0 bridgehead atoms. The van der Waals surface area contributed by atoms with Gasteiger partial charge in [-0.15, -0.1) is 11.6 Å². The quantitative estimate of drug-likeness (QED) is 0.140. The van der Waals surface area contributed by atoms with Crippen molar-refractivity contribution in [3.63, 3.8) is 0 Å². The Labute approximate surface area is 263 Å². The Bertz CT molecular complexity index is 871. The van der Waals surface area contributed by atoms with Gasteiger partial charge in [-0.2, -0.15) is 0 Å². The van der Waals surface area contributed by atoms with Crippen molar-refractivity contribution in [2.45, 2.75) is 128 Å². The molecule has 0 aromatic heterocycles. The largest absolute Gasteiger partial charge is 0.312 e. The lowest BCUT2D eigenvalue weighted by Gasteiger charge is -2.47. The first-order valence-corrected chi connectivity index (χ1v) is 18.9. The summed E-state index contributed by atoms with van der Waals surface area (Å²) in [5.41, 5.74) is 2.05. The number of hydrogen-bond donors (Lipinski definition) is 2. The van der Waals surface area contributed by atoms with Crippen LogP contribution in [0.4, 0.5) is 0 Å². The van der Waals surface area contributed by atoms with Gasteiger partial charge in [-0.3, -0.25) is 4.72 Å². The van der Waals surface area contributed by atoms with Crippen LogP contribution in [-0.4, -0.2) is 54.3 Å². The SMILES string of the molecule is CC(C)[C@H](CN1CC[C@H](C2=CCC(Cl)CC2)C(C)(C)C1)NCC1CCCC(CNSC2CCC3C=CCCC3C2)C1. The van der Waals surface area contributed by atoms with E-state index in [0.29, 0.717) is 22.8 Å². The highest BCUT2D eigenvalue weighted by Crippen LogP contribution is 2.43. The van der Waals surface area contributed by atoms with Crippen LogP contribution in [0, 0.1) is 40.9 Å². The number of nitrogens with zero attached hydrogens (tertiary/aromatic N) is 1. The first-order valence-electron chi connectivity index (χ1n) is 17.6. The average Bonchev–Trinajstić information content (AvgIpc) is 2.95. The maximum absolute atomic E-state index is 6.40. The van der Waals surface area contributed by atoms with Crippen LogP contribution in [0.2, 0.25) is 0 Å². The van der Waals surface area contributed by atoms with Crippen molar-refractivity contribution >= 4 is 23.5 Å². The molecule has 8 atom stereocenters. The number of likely N-dealkylation sites (tertiary alicyclic amines) is 1. The van der Waals surface area contributed by atoms with Gasteiger partial charge in [0.05, 0.1) is 0 Å². The van der Waals surface area contributed by atoms with Crippen LogP contribution in [-0.2, 0) is 0 Å². The summed E-state index contributed by atoms with van der Waals surface area (Å²) >= 11 is 8.49. The zero-order valence-electron chi connectivity index (χ0n) is 26.9. The number of piperidine rings is 1. The third kappa shape index (κ3) is 9.25. The van der Waals surface area contributed by atoms with Crippen molar-refractivity contribution in [2.75, 3.05) is 32.7 Å². The average molecular weight is 604 g/mol. The van der Waals surface area contributed by atoms with Gasteiger partial charge >= 0.3 is 0 Å². The molecule has 3 fully saturated rings. The van der Waals surface area contributed by atoms with E-state index in [4.69, 9.17) is 11.6 Å². The maximum atomic E-state index is 6.40. The summed E-state index contributed by atoms with van der Waals surface area (Å²) in [5, 5.41) is 5.29. The van der Waals surface area contributed by atoms with Crippen LogP contribution in [0.5, 0.6) is 0 Å². The molecule has 5 heteroatoms. The molecule has 1 heterocycles. The fourth-order valence-corrected chi connectivity index (χ4v) is 10.5. The highest BCUT2D eigenvalue weighted by atomic mass is 35.5. The number of rotatable bonds is 11. The number of fused-ring (bicyclic) bond motifs is 1. The summed E-state index contributed by atoms with van der Waals surface area (Å²) in [5.74, 6) is 4.95. The summed E-state index contributed by atoms with van der Waals surface area (Å²) < 4.78 is 3.88. The Balaban J connectivity index is 1.02. The Morgan fingerprint density at radius 2 is 1.85 bits per heavy atom. The molecule has 3 nitrogen and oxygen atoms in total. The second kappa shape index (κ2) is 15.3. The van der Waals surface area contributed by atoms with Gasteiger partial charge in [0.15, 0.2) is 0 Å². The smallest absolute Gasteiger partial charge is 0.0373 e. The molecule has 4 aliphatic carbocycles. The standard InChI is InChI=1S/C36H62ClN3S/c1-26(2)35(24-40-19-18-34(36(3,4)25-40)30-12-15-32(37)16-13-30)38-22-27-8-7-9-28(20-27)23-39-41-33-17-14-29-10-5-6-11-31(29)21-33/h5,10,12,26-29,31-35,38-39H,6-9,11,13-25H2,1-4H3/t27?,28?,29?,31?,32?,33?,34-,35+/m1/s1. The Morgan fingerprint density at radius 3 is 2.61 bits per heavy atom. The van der Waals surface area contributed by atoms with Crippen LogP contribution in [0.3, 0.4) is 0 Å². The van der Waals surface area contributed by atoms with Crippen molar-refractivity contribution in [3.05, 3.63) is 23.8 Å². The van der Waals surface area contributed by atoms with Crippen molar-refractivity contribution < 1.29 is 0 Å². The monoisotopic (exact) mass is 603 g/mol. The van der Waals surface area contributed by atoms with E-state index < -0.39 is 0 Å². The highest BCUT2D eigenvalue weighted by Gasteiger charge is 2.39. The molecule has 234 valence electrons. The zero-order valence-corrected chi connectivity index (χ0v) is 28.5. The fraction of sp³-hybridized carbons (Fsp3) is 0.889. The van der Waals surface area contributed by atoms with E-state index in [-0.39, 0.29) is 0 Å². The predicted octanol–water partition coefficient (Wildman–Crippen LogP) is 8.85. The van der Waals surface area contributed by atoms with Gasteiger partial charge in [0.2, 0.25) is 0 Å². The molecule has 0 aromatic carbocycles. The predicted molar refractivity (Wildman–Crippen MR) is 181 cm³/mol. The van der Waals surface area contributed by atoms with Crippen LogP contribution in [0.1, 0.15) is 111 Å². The molecule has 1 saturated heterocycles. The molecule has 6 unspecified atom stereocenters. The van der Waals surface area contributed by atoms with Crippen molar-refractivity contribution in [1.82, 2.24) is 14.9 Å². The molecule has 1 aliphatic heterocycles. The van der Waals surface area contributed by atoms with E-state index >= 15 is 0 Å². The molecule has 2 saturated carbocycles. The fourth-order valence-electron chi connectivity index (χ4n) is 9.13. The van der Waals surface area contributed by atoms with Crippen molar-refractivity contribution in [1.29, 1.82) is 0 Å². The summed E-state index contributed by atoms with van der Waals surface area (Å²) in [4.78, 5) is 2.78. The summed E-state index contributed by atoms with van der Waals surface area (Å²) in [7, 11) is 0. The molecule has 5 aliphatic rings. The lowest BCUT2D eigenvalue weighted by molar-refractivity contribution is 0.0590. The minimum atomic E-state index is 0.346. The van der Waals surface area contributed by atoms with E-state index in [1.807, 2.05) is 0 Å². The van der Waals surface area contributed by atoms with Gasteiger partial charge < -0.3 is 10.2 Å². The van der Waals surface area contributed by atoms with Gasteiger partial charge in [0.25, 0.3) is 0 Å². The number of alkyl halides is 1. The van der Waals surface area contributed by atoms with Crippen molar-refractivity contribution in [2.24, 2.45) is 40.9 Å². The molecular weight excluding hydrogens is 542 g/mol. The normalized spacial score (nSPS) is 37.0. The Kier molecular flexibility index (Phi) is 12.1. The summed E-state index contributed by atoms with van der Waals surface area (Å²) in [6.07, 6.45) is 24.9. The molecule has 0 radical (unpaired) electrons. The summed E-state index contributed by atoms with van der Waals surface area (Å²) in [6, 6.07) is 0.590. The minimum Gasteiger partial charge on any atom is -0.312 e. The van der Waals surface area contributed by atoms with Gasteiger partial charge in [-0.1, -0.05) is 69.9 Å². The Hall–Kier alpha value is -0.000000000000000111. The maximum Gasteiger partial charge on any atom is 0.0373 e. The van der Waals surface area contributed by atoms with Crippen LogP contribution in [0.25, 0.3) is 0 Å². The number of halogens is 1. The number of hydrogen-bond acceptors (Lipinski definition) is 4. The summed E-state index contributed by atoms with van der Waals surface area (Å²) in [6.45, 7) is 16.0. The molecular formula is C36H62ClN3S. The molecule has 41 heavy (non-hydrogen) atoms. The minimum absolute atomic E-state index is 0.346. The van der Waals surface area contributed by atoms with Gasteiger partial charge in [-0.25, -0.2) is 0 Å².